The summed E-state index contributed by atoms with van der Waals surface area (Å²) < 4.78 is 0. The Hall–Kier alpha value is -2.87. The lowest BCUT2D eigenvalue weighted by atomic mass is 9.96. The number of hydrogen-bond acceptors (Lipinski definition) is 8. The first kappa shape index (κ1) is 37.1. The molecule has 6 N–H and O–H groups in total. The number of nitrogens with zero attached hydrogens (tertiary/aromatic N) is 3. The number of guanidine groups is 1. The number of carbonyl (C=O) groups is 3. The summed E-state index contributed by atoms with van der Waals surface area (Å²) in [7, 11) is 0. The SMILES string of the molecule is CCN(CC)CCNC(=N)N(CCSc1ccccc1)CCN(CC)CC.O=C(O)CC(O)(CC(=O)O)C(=O)O. The van der Waals surface area contributed by atoms with E-state index in [9.17, 15) is 14.4 Å². The van der Waals surface area contributed by atoms with Crippen LogP contribution in [0.5, 0.6) is 0 Å². The van der Waals surface area contributed by atoms with Crippen molar-refractivity contribution in [3.05, 3.63) is 30.3 Å². The Morgan fingerprint density at radius 1 is 0.825 bits per heavy atom. The zero-order valence-electron chi connectivity index (χ0n) is 24.1. The van der Waals surface area contributed by atoms with Gasteiger partial charge in [-0.25, -0.2) is 4.79 Å². The van der Waals surface area contributed by atoms with Gasteiger partial charge in [-0.1, -0.05) is 45.9 Å². The topological polar surface area (TPSA) is 178 Å². The summed E-state index contributed by atoms with van der Waals surface area (Å²) in [4.78, 5) is 38.8. The summed E-state index contributed by atoms with van der Waals surface area (Å²) in [5.74, 6) is -3.47. The zero-order valence-corrected chi connectivity index (χ0v) is 25.0. The second-order valence-corrected chi connectivity index (χ2v) is 10.1. The van der Waals surface area contributed by atoms with Gasteiger partial charge in [0.1, 0.15) is 0 Å². The van der Waals surface area contributed by atoms with Crippen molar-refractivity contribution in [1.29, 1.82) is 5.41 Å². The normalized spacial score (nSPS) is 11.1. The molecular formula is C27H47N5O7S. The number of carboxylic acid groups (broad SMARTS) is 3. The maximum absolute atomic E-state index is 10.3. The fraction of sp³-hybridized carbons (Fsp3) is 0.630. The Labute approximate surface area is 241 Å². The lowest BCUT2D eigenvalue weighted by Crippen LogP contribution is -2.47. The summed E-state index contributed by atoms with van der Waals surface area (Å²) in [5.41, 5.74) is -2.74. The van der Waals surface area contributed by atoms with Gasteiger partial charge in [0, 0.05) is 43.4 Å². The Bertz CT molecular complexity index is 867. The Morgan fingerprint density at radius 2 is 1.32 bits per heavy atom. The molecule has 0 aliphatic rings. The largest absolute Gasteiger partial charge is 0.481 e. The van der Waals surface area contributed by atoms with Gasteiger partial charge in [0.15, 0.2) is 11.6 Å². The highest BCUT2D eigenvalue weighted by Gasteiger charge is 2.40. The third-order valence-electron chi connectivity index (χ3n) is 6.17. The van der Waals surface area contributed by atoms with Crippen LogP contribution in [0, 0.1) is 5.41 Å². The third-order valence-corrected chi connectivity index (χ3v) is 7.16. The number of nitrogens with one attached hydrogen (secondary N) is 2. The Kier molecular flexibility index (Phi) is 19.5. The number of aliphatic hydroxyl groups is 1. The highest BCUT2D eigenvalue weighted by atomic mass is 32.2. The van der Waals surface area contributed by atoms with Crippen molar-refractivity contribution >= 4 is 35.6 Å². The molecule has 0 aliphatic carbocycles. The Morgan fingerprint density at radius 3 is 1.77 bits per heavy atom. The van der Waals surface area contributed by atoms with Crippen LogP contribution in [-0.4, -0.2) is 129 Å². The number of hydrogen-bond donors (Lipinski definition) is 6. The minimum absolute atomic E-state index is 0.558. The first-order valence-electron chi connectivity index (χ1n) is 13.5. The van der Waals surface area contributed by atoms with Gasteiger partial charge in [0.05, 0.1) is 12.8 Å². The molecule has 0 atom stereocenters. The van der Waals surface area contributed by atoms with Gasteiger partial charge in [-0.05, 0) is 38.3 Å². The van der Waals surface area contributed by atoms with Gasteiger partial charge in [0.25, 0.3) is 0 Å². The molecule has 0 fully saturated rings. The standard InChI is InChI=1S/C21H39N5S.C6H8O7/c1-5-24(6-2)15-14-23-21(22)26(17-16-25(7-3)8-4)18-19-27-20-12-10-9-11-13-20;7-3(8)1-6(13,5(11)12)2-4(9)10/h9-13H,5-8,14-19H2,1-4H3,(H2,22,23);13H,1-2H2,(H,7,8)(H,9,10)(H,11,12). The second kappa shape index (κ2) is 21.0. The monoisotopic (exact) mass is 585 g/mol. The fourth-order valence-electron chi connectivity index (χ4n) is 3.63. The molecule has 0 saturated carbocycles. The van der Waals surface area contributed by atoms with E-state index >= 15 is 0 Å². The van der Waals surface area contributed by atoms with Crippen LogP contribution in [-0.2, 0) is 14.4 Å². The van der Waals surface area contributed by atoms with Crippen LogP contribution in [0.15, 0.2) is 35.2 Å². The van der Waals surface area contributed by atoms with E-state index in [1.807, 2.05) is 11.8 Å². The molecule has 0 radical (unpaired) electrons. The highest BCUT2D eigenvalue weighted by Crippen LogP contribution is 2.17. The van der Waals surface area contributed by atoms with Crippen molar-refractivity contribution in [3.8, 4) is 0 Å². The van der Waals surface area contributed by atoms with Crippen LogP contribution in [0.1, 0.15) is 40.5 Å². The van der Waals surface area contributed by atoms with Crippen LogP contribution < -0.4 is 5.32 Å². The van der Waals surface area contributed by atoms with E-state index in [0.29, 0.717) is 5.96 Å². The van der Waals surface area contributed by atoms with Crippen molar-refractivity contribution < 1.29 is 34.8 Å². The first-order chi connectivity index (χ1) is 18.9. The number of likely N-dealkylation sites (N-methyl/N-ethyl adjacent to an activating group) is 2. The first-order valence-corrected chi connectivity index (χ1v) is 14.5. The molecule has 0 amide bonds. The van der Waals surface area contributed by atoms with Crippen LogP contribution in [0.25, 0.3) is 0 Å². The maximum Gasteiger partial charge on any atom is 0.336 e. The van der Waals surface area contributed by atoms with Crippen LogP contribution in [0.4, 0.5) is 0 Å². The van der Waals surface area contributed by atoms with Crippen molar-refractivity contribution in [3.63, 3.8) is 0 Å². The summed E-state index contributed by atoms with van der Waals surface area (Å²) in [6, 6.07) is 10.5. The lowest BCUT2D eigenvalue weighted by Gasteiger charge is -2.29. The zero-order chi connectivity index (χ0) is 30.6. The van der Waals surface area contributed by atoms with Gasteiger partial charge >= 0.3 is 17.9 Å². The maximum atomic E-state index is 10.3. The molecule has 0 bridgehead atoms. The number of rotatable bonds is 19. The predicted octanol–water partition coefficient (Wildman–Crippen LogP) is 2.04. The summed E-state index contributed by atoms with van der Waals surface area (Å²) in [6.45, 7) is 17.6. The van der Waals surface area contributed by atoms with E-state index in [0.717, 1.165) is 64.7 Å². The summed E-state index contributed by atoms with van der Waals surface area (Å²) in [5, 5.41) is 45.7. The fourth-order valence-corrected chi connectivity index (χ4v) is 4.52. The molecule has 40 heavy (non-hydrogen) atoms. The molecule has 0 heterocycles. The molecule has 13 heteroatoms. The second-order valence-electron chi connectivity index (χ2n) is 8.96. The van der Waals surface area contributed by atoms with E-state index in [2.05, 4.69) is 78.0 Å². The summed E-state index contributed by atoms with van der Waals surface area (Å²) >= 11 is 1.86. The van der Waals surface area contributed by atoms with E-state index in [-0.39, 0.29) is 0 Å². The van der Waals surface area contributed by atoms with Gasteiger partial charge < -0.3 is 40.4 Å². The minimum atomic E-state index is -2.74. The van der Waals surface area contributed by atoms with Crippen LogP contribution in [0.2, 0.25) is 0 Å². The quantitative estimate of drug-likeness (QED) is 0.0792. The minimum Gasteiger partial charge on any atom is -0.481 e. The van der Waals surface area contributed by atoms with Crippen molar-refractivity contribution in [2.45, 2.75) is 51.0 Å². The Balaban J connectivity index is 0.000000983. The molecule has 0 aliphatic heterocycles. The average Bonchev–Trinajstić information content (AvgIpc) is 2.90. The van der Waals surface area contributed by atoms with E-state index in [4.69, 9.17) is 25.8 Å². The molecule has 1 rings (SSSR count). The molecule has 0 unspecified atom stereocenters. The van der Waals surface area contributed by atoms with E-state index < -0.39 is 36.4 Å². The lowest BCUT2D eigenvalue weighted by molar-refractivity contribution is -0.170. The number of aliphatic carboxylic acids is 3. The molecule has 228 valence electrons. The highest BCUT2D eigenvalue weighted by molar-refractivity contribution is 7.99. The molecule has 12 nitrogen and oxygen atoms in total. The molecule has 0 saturated heterocycles. The number of benzene rings is 1. The molecule has 0 spiro atoms. The van der Waals surface area contributed by atoms with Gasteiger partial charge in [-0.2, -0.15) is 0 Å². The van der Waals surface area contributed by atoms with Crippen LogP contribution >= 0.6 is 11.8 Å². The molecule has 1 aromatic carbocycles. The van der Waals surface area contributed by atoms with Crippen LogP contribution in [0.3, 0.4) is 0 Å². The smallest absolute Gasteiger partial charge is 0.336 e. The van der Waals surface area contributed by atoms with E-state index in [1.165, 1.54) is 4.90 Å². The van der Waals surface area contributed by atoms with Crippen molar-refractivity contribution in [2.75, 3.05) is 64.7 Å². The molecule has 0 aromatic heterocycles. The van der Waals surface area contributed by atoms with Gasteiger partial charge in [0.2, 0.25) is 0 Å². The van der Waals surface area contributed by atoms with Crippen molar-refractivity contribution in [1.82, 2.24) is 20.0 Å². The van der Waals surface area contributed by atoms with Gasteiger partial charge in [-0.15, -0.1) is 11.8 Å². The third kappa shape index (κ3) is 16.3. The van der Waals surface area contributed by atoms with E-state index in [1.54, 1.807) is 0 Å². The summed E-state index contributed by atoms with van der Waals surface area (Å²) in [6.07, 6.45) is -2.29. The van der Waals surface area contributed by atoms with Gasteiger partial charge in [-0.3, -0.25) is 15.0 Å². The number of thioether (sulfide) groups is 1. The molecule has 1 aromatic rings. The molecular weight excluding hydrogens is 538 g/mol. The number of carboxylic acids is 3. The van der Waals surface area contributed by atoms with Crippen molar-refractivity contribution in [2.24, 2.45) is 0 Å². The average molecular weight is 586 g/mol. The predicted molar refractivity (Wildman–Crippen MR) is 157 cm³/mol.